The molecule has 1 aliphatic heterocycles. The molecule has 18 heavy (non-hydrogen) atoms. The molecule has 1 saturated heterocycles. The number of aromatic nitrogens is 1. The first kappa shape index (κ1) is 13.0. The summed E-state index contributed by atoms with van der Waals surface area (Å²) in [6, 6.07) is 5.93. The summed E-state index contributed by atoms with van der Waals surface area (Å²) in [5, 5.41) is 8.84. The molecule has 4 heteroatoms. The van der Waals surface area contributed by atoms with E-state index in [4.69, 9.17) is 10.00 Å². The van der Waals surface area contributed by atoms with Gasteiger partial charge < -0.3 is 4.74 Å². The van der Waals surface area contributed by atoms with E-state index >= 15 is 0 Å². The number of ether oxygens (including phenoxy) is 1. The number of rotatable bonds is 5. The average molecular weight is 245 g/mol. The maximum absolute atomic E-state index is 8.84. The molecule has 1 aliphatic rings. The molecule has 0 radical (unpaired) electrons. The van der Waals surface area contributed by atoms with Crippen molar-refractivity contribution in [2.75, 3.05) is 26.3 Å². The van der Waals surface area contributed by atoms with Gasteiger partial charge in [0.25, 0.3) is 0 Å². The van der Waals surface area contributed by atoms with E-state index in [2.05, 4.69) is 22.9 Å². The molecule has 2 heterocycles. The van der Waals surface area contributed by atoms with Crippen molar-refractivity contribution in [3.8, 4) is 6.07 Å². The molecular weight excluding hydrogens is 226 g/mol. The van der Waals surface area contributed by atoms with Crippen LogP contribution in [0.2, 0.25) is 0 Å². The lowest BCUT2D eigenvalue weighted by Gasteiger charge is -2.23. The van der Waals surface area contributed by atoms with E-state index in [1.165, 1.54) is 0 Å². The molecule has 0 amide bonds. The highest BCUT2D eigenvalue weighted by molar-refractivity contribution is 5.25. The zero-order chi connectivity index (χ0) is 12.8. The highest BCUT2D eigenvalue weighted by Crippen LogP contribution is 2.15. The Morgan fingerprint density at radius 3 is 3.17 bits per heavy atom. The fourth-order valence-electron chi connectivity index (χ4n) is 2.29. The van der Waals surface area contributed by atoms with Crippen molar-refractivity contribution >= 4 is 0 Å². The molecule has 0 aliphatic carbocycles. The van der Waals surface area contributed by atoms with Crippen LogP contribution in [-0.2, 0) is 11.3 Å². The van der Waals surface area contributed by atoms with Crippen LogP contribution in [-0.4, -0.2) is 36.2 Å². The van der Waals surface area contributed by atoms with E-state index in [1.807, 2.05) is 12.1 Å². The molecule has 1 fully saturated rings. The van der Waals surface area contributed by atoms with Gasteiger partial charge in [-0.15, -0.1) is 0 Å². The lowest BCUT2D eigenvalue weighted by Crippen LogP contribution is -2.29. The van der Waals surface area contributed by atoms with E-state index in [1.54, 1.807) is 6.20 Å². The number of pyridine rings is 1. The third kappa shape index (κ3) is 3.52. The molecule has 4 nitrogen and oxygen atoms in total. The Morgan fingerprint density at radius 1 is 1.61 bits per heavy atom. The Labute approximate surface area is 108 Å². The van der Waals surface area contributed by atoms with Crippen molar-refractivity contribution in [2.45, 2.75) is 19.9 Å². The summed E-state index contributed by atoms with van der Waals surface area (Å²) in [6.45, 7) is 6.92. The van der Waals surface area contributed by atoms with Crippen molar-refractivity contribution in [1.29, 1.82) is 5.26 Å². The predicted molar refractivity (Wildman–Crippen MR) is 68.8 cm³/mol. The second-order valence-corrected chi connectivity index (χ2v) is 4.72. The topological polar surface area (TPSA) is 49.2 Å². The summed E-state index contributed by atoms with van der Waals surface area (Å²) in [5.74, 6) is 0.655. The molecule has 0 unspecified atom stereocenters. The molecule has 0 aromatic carbocycles. The zero-order valence-electron chi connectivity index (χ0n) is 10.8. The summed E-state index contributed by atoms with van der Waals surface area (Å²) in [4.78, 5) is 6.39. The first-order valence-corrected chi connectivity index (χ1v) is 6.47. The Bertz CT molecular complexity index is 421. The highest BCUT2D eigenvalue weighted by Gasteiger charge is 2.18. The lowest BCUT2D eigenvalue weighted by molar-refractivity contribution is 0.167. The van der Waals surface area contributed by atoms with Gasteiger partial charge in [-0.05, 0) is 36.6 Å². The third-order valence-electron chi connectivity index (χ3n) is 3.33. The number of hydrogen-bond acceptors (Lipinski definition) is 4. The quantitative estimate of drug-likeness (QED) is 0.794. The Balaban J connectivity index is 1.94. The summed E-state index contributed by atoms with van der Waals surface area (Å²) < 4.78 is 5.41. The van der Waals surface area contributed by atoms with Crippen LogP contribution in [0.5, 0.6) is 0 Å². The van der Waals surface area contributed by atoms with Gasteiger partial charge in [-0.25, -0.2) is 4.98 Å². The predicted octanol–water partition coefficient (Wildman–Crippen LogP) is 1.81. The van der Waals surface area contributed by atoms with Gasteiger partial charge in [-0.1, -0.05) is 6.92 Å². The Morgan fingerprint density at radius 2 is 2.50 bits per heavy atom. The molecule has 0 bridgehead atoms. The van der Waals surface area contributed by atoms with E-state index in [9.17, 15) is 0 Å². The van der Waals surface area contributed by atoms with Gasteiger partial charge in [0.05, 0.1) is 6.61 Å². The van der Waals surface area contributed by atoms with Crippen molar-refractivity contribution in [1.82, 2.24) is 9.88 Å². The monoisotopic (exact) mass is 245 g/mol. The van der Waals surface area contributed by atoms with Crippen molar-refractivity contribution in [2.24, 2.45) is 5.92 Å². The van der Waals surface area contributed by atoms with Crippen LogP contribution in [0.1, 0.15) is 24.6 Å². The smallest absolute Gasteiger partial charge is 0.140 e. The van der Waals surface area contributed by atoms with Crippen LogP contribution in [0.3, 0.4) is 0 Å². The standard InChI is InChI=1S/C14H19N3O/c1-2-17(10-13-4-6-18-11-13)9-12-3-5-16-14(7-12)8-15/h3,5,7,13H,2,4,6,9-11H2,1H3/t13-/m0/s1. The van der Waals surface area contributed by atoms with Crippen molar-refractivity contribution in [3.63, 3.8) is 0 Å². The van der Waals surface area contributed by atoms with Gasteiger partial charge in [0, 0.05) is 25.9 Å². The molecule has 1 aromatic rings. The van der Waals surface area contributed by atoms with E-state index < -0.39 is 0 Å². The van der Waals surface area contributed by atoms with Gasteiger partial charge >= 0.3 is 0 Å². The normalized spacial score (nSPS) is 19.1. The van der Waals surface area contributed by atoms with Gasteiger partial charge in [0.15, 0.2) is 0 Å². The maximum atomic E-state index is 8.84. The van der Waals surface area contributed by atoms with Crippen LogP contribution in [0.4, 0.5) is 0 Å². The fraction of sp³-hybridized carbons (Fsp3) is 0.571. The van der Waals surface area contributed by atoms with Gasteiger partial charge in [-0.2, -0.15) is 5.26 Å². The Kier molecular flexibility index (Phi) is 4.68. The van der Waals surface area contributed by atoms with E-state index in [0.717, 1.165) is 44.8 Å². The minimum atomic E-state index is 0.493. The molecule has 1 atom stereocenters. The highest BCUT2D eigenvalue weighted by atomic mass is 16.5. The summed E-state index contributed by atoms with van der Waals surface area (Å²) >= 11 is 0. The molecule has 1 aromatic heterocycles. The van der Waals surface area contributed by atoms with Gasteiger partial charge in [-0.3, -0.25) is 4.90 Å². The molecule has 96 valence electrons. The largest absolute Gasteiger partial charge is 0.381 e. The second-order valence-electron chi connectivity index (χ2n) is 4.72. The third-order valence-corrected chi connectivity index (χ3v) is 3.33. The zero-order valence-corrected chi connectivity index (χ0v) is 10.8. The van der Waals surface area contributed by atoms with Crippen LogP contribution in [0.25, 0.3) is 0 Å². The molecule has 0 N–H and O–H groups in total. The first-order chi connectivity index (χ1) is 8.81. The van der Waals surface area contributed by atoms with Crippen LogP contribution >= 0.6 is 0 Å². The van der Waals surface area contributed by atoms with Crippen LogP contribution in [0.15, 0.2) is 18.3 Å². The maximum Gasteiger partial charge on any atom is 0.140 e. The number of hydrogen-bond donors (Lipinski definition) is 0. The minimum absolute atomic E-state index is 0.493. The van der Waals surface area contributed by atoms with Crippen LogP contribution in [0, 0.1) is 17.2 Å². The Hall–Kier alpha value is -1.44. The molecular formula is C14H19N3O. The SMILES string of the molecule is CCN(Cc1ccnc(C#N)c1)C[C@@H]1CCOC1. The van der Waals surface area contributed by atoms with Crippen LogP contribution < -0.4 is 0 Å². The number of nitriles is 1. The van der Waals surface area contributed by atoms with Crippen molar-refractivity contribution < 1.29 is 4.74 Å². The average Bonchev–Trinajstić information content (AvgIpc) is 2.91. The molecule has 2 rings (SSSR count). The van der Waals surface area contributed by atoms with Gasteiger partial charge in [0.2, 0.25) is 0 Å². The van der Waals surface area contributed by atoms with Crippen molar-refractivity contribution in [3.05, 3.63) is 29.6 Å². The van der Waals surface area contributed by atoms with E-state index in [-0.39, 0.29) is 0 Å². The second kappa shape index (κ2) is 6.48. The van der Waals surface area contributed by atoms with E-state index in [0.29, 0.717) is 11.6 Å². The fourth-order valence-corrected chi connectivity index (χ4v) is 2.29. The summed E-state index contributed by atoms with van der Waals surface area (Å²) in [7, 11) is 0. The summed E-state index contributed by atoms with van der Waals surface area (Å²) in [5.41, 5.74) is 1.65. The number of nitrogens with zero attached hydrogens (tertiary/aromatic N) is 3. The first-order valence-electron chi connectivity index (χ1n) is 6.47. The van der Waals surface area contributed by atoms with Gasteiger partial charge in [0.1, 0.15) is 11.8 Å². The summed E-state index contributed by atoms with van der Waals surface area (Å²) in [6.07, 6.45) is 2.87. The lowest BCUT2D eigenvalue weighted by atomic mass is 10.1. The minimum Gasteiger partial charge on any atom is -0.381 e. The molecule has 0 spiro atoms. The molecule has 0 saturated carbocycles.